The Hall–Kier alpha value is -1.82. The normalized spacial score (nSPS) is 12.6. The van der Waals surface area contributed by atoms with E-state index in [2.05, 4.69) is 20.4 Å². The van der Waals surface area contributed by atoms with Crippen LogP contribution in [0.5, 0.6) is 0 Å². The van der Waals surface area contributed by atoms with Gasteiger partial charge in [0.15, 0.2) is 11.6 Å². The Bertz CT molecular complexity index is 500. The Balaban J connectivity index is 2.21. The van der Waals surface area contributed by atoms with Crippen molar-refractivity contribution in [3.05, 3.63) is 30.1 Å². The van der Waals surface area contributed by atoms with Gasteiger partial charge in [-0.2, -0.15) is 4.98 Å². The molecule has 0 aliphatic carbocycles. The molecule has 2 rings (SSSR count). The second kappa shape index (κ2) is 5.01. The Labute approximate surface area is 98.1 Å². The first-order chi connectivity index (χ1) is 8.20. The lowest BCUT2D eigenvalue weighted by Gasteiger charge is -2.04. The SMILES string of the molecule is CNC(C)Cc1noc(-c2ccncc2F)n1. The molecule has 0 bridgehead atoms. The molecule has 0 aliphatic rings. The smallest absolute Gasteiger partial charge is 0.261 e. The van der Waals surface area contributed by atoms with Gasteiger partial charge in [0.1, 0.15) is 0 Å². The summed E-state index contributed by atoms with van der Waals surface area (Å²) in [5.74, 6) is 0.269. The summed E-state index contributed by atoms with van der Waals surface area (Å²) >= 11 is 0. The minimum absolute atomic E-state index is 0.184. The zero-order chi connectivity index (χ0) is 12.3. The molecule has 0 fully saturated rings. The molecule has 2 aromatic heterocycles. The summed E-state index contributed by atoms with van der Waals surface area (Å²) in [4.78, 5) is 7.81. The van der Waals surface area contributed by atoms with Crippen LogP contribution in [0.2, 0.25) is 0 Å². The van der Waals surface area contributed by atoms with E-state index in [-0.39, 0.29) is 17.5 Å². The van der Waals surface area contributed by atoms with E-state index < -0.39 is 5.82 Å². The van der Waals surface area contributed by atoms with Crippen molar-refractivity contribution in [3.63, 3.8) is 0 Å². The Morgan fingerprint density at radius 2 is 2.35 bits per heavy atom. The van der Waals surface area contributed by atoms with Crippen molar-refractivity contribution >= 4 is 0 Å². The minimum atomic E-state index is -0.468. The molecule has 2 heterocycles. The summed E-state index contributed by atoms with van der Waals surface area (Å²) in [5, 5.41) is 6.88. The number of aromatic nitrogens is 3. The number of rotatable bonds is 4. The third-order valence-corrected chi connectivity index (χ3v) is 2.45. The van der Waals surface area contributed by atoms with Crippen molar-refractivity contribution in [1.29, 1.82) is 0 Å². The number of nitrogens with one attached hydrogen (secondary N) is 1. The van der Waals surface area contributed by atoms with Gasteiger partial charge in [0.2, 0.25) is 0 Å². The van der Waals surface area contributed by atoms with Gasteiger partial charge in [0.05, 0.1) is 11.8 Å². The van der Waals surface area contributed by atoms with Crippen molar-refractivity contribution in [2.24, 2.45) is 0 Å². The number of hydrogen-bond donors (Lipinski definition) is 1. The van der Waals surface area contributed by atoms with Gasteiger partial charge in [-0.05, 0) is 20.0 Å². The van der Waals surface area contributed by atoms with E-state index in [1.54, 1.807) is 0 Å². The fourth-order valence-corrected chi connectivity index (χ4v) is 1.37. The van der Waals surface area contributed by atoms with Crippen LogP contribution in [0, 0.1) is 5.82 Å². The van der Waals surface area contributed by atoms with Crippen LogP contribution in [0.3, 0.4) is 0 Å². The van der Waals surface area contributed by atoms with Crippen LogP contribution < -0.4 is 5.32 Å². The summed E-state index contributed by atoms with van der Waals surface area (Å²) < 4.78 is 18.4. The summed E-state index contributed by atoms with van der Waals surface area (Å²) in [6, 6.07) is 1.75. The first kappa shape index (κ1) is 11.7. The lowest BCUT2D eigenvalue weighted by Crippen LogP contribution is -2.24. The molecule has 1 unspecified atom stereocenters. The fourth-order valence-electron chi connectivity index (χ4n) is 1.37. The fraction of sp³-hybridized carbons (Fsp3) is 0.364. The van der Waals surface area contributed by atoms with Crippen molar-refractivity contribution in [1.82, 2.24) is 20.4 Å². The maximum absolute atomic E-state index is 13.4. The van der Waals surface area contributed by atoms with Crippen LogP contribution in [0.4, 0.5) is 4.39 Å². The van der Waals surface area contributed by atoms with Gasteiger partial charge in [-0.1, -0.05) is 5.16 Å². The second-order valence-corrected chi connectivity index (χ2v) is 3.77. The average molecular weight is 236 g/mol. The first-order valence-corrected chi connectivity index (χ1v) is 5.30. The highest BCUT2D eigenvalue weighted by Gasteiger charge is 2.14. The maximum Gasteiger partial charge on any atom is 0.261 e. The average Bonchev–Trinajstić information content (AvgIpc) is 2.78. The van der Waals surface area contributed by atoms with E-state index in [1.165, 1.54) is 12.3 Å². The molecular weight excluding hydrogens is 223 g/mol. The molecule has 0 aliphatic heterocycles. The Morgan fingerprint density at radius 3 is 3.06 bits per heavy atom. The van der Waals surface area contributed by atoms with Crippen LogP contribution >= 0.6 is 0 Å². The Morgan fingerprint density at radius 1 is 1.53 bits per heavy atom. The molecule has 0 aromatic carbocycles. The van der Waals surface area contributed by atoms with Gasteiger partial charge < -0.3 is 9.84 Å². The standard InChI is InChI=1S/C11H13FN4O/c1-7(13-2)5-10-15-11(17-16-10)8-3-4-14-6-9(8)12/h3-4,6-7,13H,5H2,1-2H3. The maximum atomic E-state index is 13.4. The lowest BCUT2D eigenvalue weighted by atomic mass is 10.2. The minimum Gasteiger partial charge on any atom is -0.334 e. The monoisotopic (exact) mass is 236 g/mol. The number of likely N-dealkylation sites (N-methyl/N-ethyl adjacent to an activating group) is 1. The second-order valence-electron chi connectivity index (χ2n) is 3.77. The lowest BCUT2D eigenvalue weighted by molar-refractivity contribution is 0.416. The molecule has 0 radical (unpaired) electrons. The van der Waals surface area contributed by atoms with Crippen molar-refractivity contribution in [2.75, 3.05) is 7.05 Å². The van der Waals surface area contributed by atoms with Gasteiger partial charge >= 0.3 is 0 Å². The molecule has 0 saturated heterocycles. The van der Waals surface area contributed by atoms with Gasteiger partial charge in [-0.3, -0.25) is 4.98 Å². The quantitative estimate of drug-likeness (QED) is 0.869. The van der Waals surface area contributed by atoms with E-state index >= 15 is 0 Å². The van der Waals surface area contributed by atoms with Gasteiger partial charge in [0.25, 0.3) is 5.89 Å². The van der Waals surface area contributed by atoms with Crippen LogP contribution in [-0.4, -0.2) is 28.2 Å². The molecule has 0 saturated carbocycles. The van der Waals surface area contributed by atoms with E-state index in [9.17, 15) is 4.39 Å². The molecule has 1 atom stereocenters. The molecule has 1 N–H and O–H groups in total. The zero-order valence-corrected chi connectivity index (χ0v) is 9.64. The molecule has 90 valence electrons. The van der Waals surface area contributed by atoms with Gasteiger partial charge in [-0.15, -0.1) is 0 Å². The van der Waals surface area contributed by atoms with E-state index in [1.807, 2.05) is 14.0 Å². The van der Waals surface area contributed by atoms with Crippen LogP contribution in [-0.2, 0) is 6.42 Å². The van der Waals surface area contributed by atoms with E-state index in [4.69, 9.17) is 4.52 Å². The molecule has 0 spiro atoms. The zero-order valence-electron chi connectivity index (χ0n) is 9.64. The van der Waals surface area contributed by atoms with Gasteiger partial charge in [0, 0.05) is 18.7 Å². The van der Waals surface area contributed by atoms with Crippen LogP contribution in [0.1, 0.15) is 12.7 Å². The topological polar surface area (TPSA) is 63.8 Å². The third-order valence-electron chi connectivity index (χ3n) is 2.45. The Kier molecular flexibility index (Phi) is 3.43. The van der Waals surface area contributed by atoms with Crippen LogP contribution in [0.15, 0.2) is 23.0 Å². The summed E-state index contributed by atoms with van der Waals surface area (Å²) in [6.45, 7) is 2.00. The molecule has 2 aromatic rings. The highest BCUT2D eigenvalue weighted by Crippen LogP contribution is 2.19. The molecule has 17 heavy (non-hydrogen) atoms. The number of pyridine rings is 1. The van der Waals surface area contributed by atoms with Crippen molar-refractivity contribution in [3.8, 4) is 11.5 Å². The number of hydrogen-bond acceptors (Lipinski definition) is 5. The summed E-state index contributed by atoms with van der Waals surface area (Å²) in [6.07, 6.45) is 3.24. The van der Waals surface area contributed by atoms with E-state index in [0.717, 1.165) is 6.20 Å². The van der Waals surface area contributed by atoms with E-state index in [0.29, 0.717) is 12.2 Å². The predicted molar refractivity (Wildman–Crippen MR) is 59.7 cm³/mol. The molecule has 5 nitrogen and oxygen atoms in total. The van der Waals surface area contributed by atoms with Crippen molar-refractivity contribution in [2.45, 2.75) is 19.4 Å². The molecular formula is C11H13FN4O. The van der Waals surface area contributed by atoms with Crippen molar-refractivity contribution < 1.29 is 8.91 Å². The highest BCUT2D eigenvalue weighted by atomic mass is 19.1. The predicted octanol–water partition coefficient (Wildman–Crippen LogP) is 1.42. The molecule has 6 heteroatoms. The number of halogens is 1. The first-order valence-electron chi connectivity index (χ1n) is 5.30. The molecule has 0 amide bonds. The summed E-state index contributed by atoms with van der Waals surface area (Å²) in [5.41, 5.74) is 0.274. The summed E-state index contributed by atoms with van der Waals surface area (Å²) in [7, 11) is 1.86. The van der Waals surface area contributed by atoms with Crippen LogP contribution in [0.25, 0.3) is 11.5 Å². The number of nitrogens with zero attached hydrogens (tertiary/aromatic N) is 3. The highest BCUT2D eigenvalue weighted by molar-refractivity contribution is 5.52. The largest absolute Gasteiger partial charge is 0.334 e. The van der Waals surface area contributed by atoms with Gasteiger partial charge in [-0.25, -0.2) is 4.39 Å². The third kappa shape index (κ3) is 2.65.